The van der Waals surface area contributed by atoms with Crippen LogP contribution in [0.1, 0.15) is 34.7 Å². The van der Waals surface area contributed by atoms with Crippen molar-refractivity contribution >= 4 is 29.2 Å². The van der Waals surface area contributed by atoms with Crippen molar-refractivity contribution in [3.05, 3.63) is 64.5 Å². The zero-order valence-electron chi connectivity index (χ0n) is 18.5. The molecule has 3 aromatic rings. The number of methoxy groups -OCH3 is 1. The number of aromatic nitrogens is 2. The highest BCUT2D eigenvalue weighted by molar-refractivity contribution is 6.33. The lowest BCUT2D eigenvalue weighted by molar-refractivity contribution is -0.121. The molecule has 1 amide bonds. The number of benzene rings is 2. The fourth-order valence-electron chi connectivity index (χ4n) is 3.90. The second kappa shape index (κ2) is 10.1. The predicted octanol–water partition coefficient (Wildman–Crippen LogP) is 4.34. The average Bonchev–Trinajstić information content (AvgIpc) is 3.28. The van der Waals surface area contributed by atoms with E-state index in [-0.39, 0.29) is 11.8 Å². The predicted molar refractivity (Wildman–Crippen MR) is 124 cm³/mol. The quantitative estimate of drug-likeness (QED) is 0.537. The van der Waals surface area contributed by atoms with Crippen LogP contribution in [0.4, 0.5) is 5.69 Å². The Balaban J connectivity index is 1.32. The Hall–Kier alpha value is -3.23. The Morgan fingerprint density at radius 3 is 2.70 bits per heavy atom. The Bertz CT molecular complexity index is 1150. The summed E-state index contributed by atoms with van der Waals surface area (Å²) in [5.74, 6) is 0.399. The summed E-state index contributed by atoms with van der Waals surface area (Å²) in [6.07, 6.45) is 1.39. The van der Waals surface area contributed by atoms with Gasteiger partial charge in [-0.1, -0.05) is 41.0 Å². The molecule has 1 aliphatic heterocycles. The Labute approximate surface area is 196 Å². The lowest BCUT2D eigenvalue weighted by Crippen LogP contribution is -2.37. The molecule has 0 spiro atoms. The molecule has 33 heavy (non-hydrogen) atoms. The third kappa shape index (κ3) is 5.40. The van der Waals surface area contributed by atoms with Crippen molar-refractivity contribution in [2.75, 3.05) is 25.5 Å². The van der Waals surface area contributed by atoms with Crippen LogP contribution in [-0.2, 0) is 16.1 Å². The third-order valence-electron chi connectivity index (χ3n) is 5.82. The second-order valence-electron chi connectivity index (χ2n) is 8.05. The lowest BCUT2D eigenvalue weighted by atomic mass is 9.95. The number of esters is 1. The van der Waals surface area contributed by atoms with Crippen LogP contribution in [0.15, 0.2) is 47.0 Å². The van der Waals surface area contributed by atoms with E-state index in [0.717, 1.165) is 24.2 Å². The molecule has 4 rings (SSSR count). The second-order valence-corrected chi connectivity index (χ2v) is 8.46. The molecule has 2 aromatic carbocycles. The third-order valence-corrected chi connectivity index (χ3v) is 6.15. The molecular weight excluding hydrogens is 444 g/mol. The van der Waals surface area contributed by atoms with Crippen LogP contribution in [-0.4, -0.2) is 47.1 Å². The number of halogens is 1. The molecule has 1 fully saturated rings. The molecule has 0 radical (unpaired) electrons. The first-order valence-electron chi connectivity index (χ1n) is 10.7. The molecule has 2 heterocycles. The highest BCUT2D eigenvalue weighted by Crippen LogP contribution is 2.27. The summed E-state index contributed by atoms with van der Waals surface area (Å²) < 4.78 is 10.2. The summed E-state index contributed by atoms with van der Waals surface area (Å²) in [6, 6.07) is 12.6. The molecule has 1 aromatic heterocycles. The molecule has 8 nitrogen and oxygen atoms in total. The topological polar surface area (TPSA) is 97.6 Å². The molecule has 1 saturated heterocycles. The first-order chi connectivity index (χ1) is 15.9. The normalized spacial score (nSPS) is 14.8. The van der Waals surface area contributed by atoms with Crippen LogP contribution in [0.3, 0.4) is 0 Å². The minimum Gasteiger partial charge on any atom is -0.465 e. The number of rotatable bonds is 6. The maximum atomic E-state index is 12.8. The minimum absolute atomic E-state index is 0.113. The molecular formula is C24H25ClN4O4. The van der Waals surface area contributed by atoms with E-state index in [4.69, 9.17) is 20.9 Å². The van der Waals surface area contributed by atoms with E-state index in [1.54, 1.807) is 12.1 Å². The van der Waals surface area contributed by atoms with Gasteiger partial charge in [0.15, 0.2) is 0 Å². The summed E-state index contributed by atoms with van der Waals surface area (Å²) in [4.78, 5) is 31.3. The molecule has 0 saturated carbocycles. The number of amides is 1. The van der Waals surface area contributed by atoms with Crippen molar-refractivity contribution in [3.63, 3.8) is 0 Å². The van der Waals surface area contributed by atoms with Crippen molar-refractivity contribution in [1.29, 1.82) is 0 Å². The van der Waals surface area contributed by atoms with Gasteiger partial charge in [-0.15, -0.1) is 0 Å². The minimum atomic E-state index is -0.484. The van der Waals surface area contributed by atoms with Gasteiger partial charge in [0.2, 0.25) is 17.6 Å². The van der Waals surface area contributed by atoms with E-state index in [9.17, 15) is 9.59 Å². The van der Waals surface area contributed by atoms with E-state index < -0.39 is 5.97 Å². The number of piperidine rings is 1. The fourth-order valence-corrected chi connectivity index (χ4v) is 4.06. The van der Waals surface area contributed by atoms with Crippen LogP contribution in [0.5, 0.6) is 0 Å². The summed E-state index contributed by atoms with van der Waals surface area (Å²) >= 11 is 6.20. The van der Waals surface area contributed by atoms with Gasteiger partial charge >= 0.3 is 5.97 Å². The molecule has 0 unspecified atom stereocenters. The number of anilines is 1. The molecule has 1 N–H and O–H groups in total. The SMILES string of the molecule is COC(=O)c1ccc(Cl)c(NC(=O)C2CCN(Cc3nc(-c4ccccc4C)no3)CC2)c1. The van der Waals surface area contributed by atoms with Gasteiger partial charge in [0.05, 0.1) is 29.9 Å². The summed E-state index contributed by atoms with van der Waals surface area (Å²) in [5.41, 5.74) is 2.78. The number of likely N-dealkylation sites (tertiary alicyclic amines) is 1. The highest BCUT2D eigenvalue weighted by atomic mass is 35.5. The highest BCUT2D eigenvalue weighted by Gasteiger charge is 2.27. The van der Waals surface area contributed by atoms with E-state index in [1.807, 2.05) is 31.2 Å². The Kier molecular flexibility index (Phi) is 7.05. The van der Waals surface area contributed by atoms with Crippen LogP contribution >= 0.6 is 11.6 Å². The average molecular weight is 469 g/mol. The van der Waals surface area contributed by atoms with Crippen molar-refractivity contribution in [2.45, 2.75) is 26.3 Å². The van der Waals surface area contributed by atoms with E-state index in [0.29, 0.717) is 47.4 Å². The first-order valence-corrected chi connectivity index (χ1v) is 11.1. The Morgan fingerprint density at radius 1 is 1.21 bits per heavy atom. The molecule has 0 aliphatic carbocycles. The van der Waals surface area contributed by atoms with Gasteiger partial charge in [0, 0.05) is 11.5 Å². The van der Waals surface area contributed by atoms with Crippen LogP contribution < -0.4 is 5.32 Å². The van der Waals surface area contributed by atoms with Crippen LogP contribution in [0.25, 0.3) is 11.4 Å². The molecule has 0 atom stereocenters. The Morgan fingerprint density at radius 2 is 1.97 bits per heavy atom. The zero-order valence-corrected chi connectivity index (χ0v) is 19.3. The largest absolute Gasteiger partial charge is 0.465 e. The number of carbonyl (C=O) groups is 2. The smallest absolute Gasteiger partial charge is 0.337 e. The zero-order chi connectivity index (χ0) is 23.4. The summed E-state index contributed by atoms with van der Waals surface area (Å²) in [5, 5.41) is 7.34. The maximum Gasteiger partial charge on any atom is 0.337 e. The van der Waals surface area contributed by atoms with Crippen molar-refractivity contribution in [3.8, 4) is 11.4 Å². The van der Waals surface area contributed by atoms with Crippen molar-refractivity contribution < 1.29 is 18.8 Å². The van der Waals surface area contributed by atoms with Gasteiger partial charge in [-0.25, -0.2) is 4.79 Å². The maximum absolute atomic E-state index is 12.8. The number of hydrogen-bond acceptors (Lipinski definition) is 7. The van der Waals surface area contributed by atoms with Gasteiger partial charge in [0.1, 0.15) is 0 Å². The molecule has 9 heteroatoms. The number of nitrogens with one attached hydrogen (secondary N) is 1. The molecule has 0 bridgehead atoms. The summed E-state index contributed by atoms with van der Waals surface area (Å²) in [7, 11) is 1.31. The van der Waals surface area contributed by atoms with Gasteiger partial charge < -0.3 is 14.6 Å². The van der Waals surface area contributed by atoms with Crippen LogP contribution in [0, 0.1) is 12.8 Å². The van der Waals surface area contributed by atoms with E-state index in [2.05, 4.69) is 20.4 Å². The number of nitrogens with zero attached hydrogens (tertiary/aromatic N) is 3. The first kappa shape index (κ1) is 22.9. The molecule has 172 valence electrons. The van der Waals surface area contributed by atoms with Crippen LogP contribution in [0.2, 0.25) is 5.02 Å². The van der Waals surface area contributed by atoms with Gasteiger partial charge in [0.25, 0.3) is 0 Å². The fraction of sp³-hybridized carbons (Fsp3) is 0.333. The number of ether oxygens (including phenoxy) is 1. The van der Waals surface area contributed by atoms with Gasteiger partial charge in [-0.2, -0.15) is 4.98 Å². The van der Waals surface area contributed by atoms with E-state index >= 15 is 0 Å². The summed E-state index contributed by atoms with van der Waals surface area (Å²) in [6.45, 7) is 4.02. The van der Waals surface area contributed by atoms with Gasteiger partial charge in [-0.3, -0.25) is 9.69 Å². The number of carbonyl (C=O) groups excluding carboxylic acids is 2. The van der Waals surface area contributed by atoms with E-state index in [1.165, 1.54) is 13.2 Å². The number of hydrogen-bond donors (Lipinski definition) is 1. The molecule has 1 aliphatic rings. The lowest BCUT2D eigenvalue weighted by Gasteiger charge is -2.30. The monoisotopic (exact) mass is 468 g/mol. The standard InChI is InChI=1S/C24H25ClN4O4/c1-15-5-3-4-6-18(15)22-27-21(33-28-22)14-29-11-9-16(10-12-29)23(30)26-20-13-17(24(31)32-2)7-8-19(20)25/h3-8,13,16H,9-12,14H2,1-2H3,(H,26,30). The number of aryl methyl sites for hydroxylation is 1. The van der Waals surface area contributed by atoms with Crippen molar-refractivity contribution in [1.82, 2.24) is 15.0 Å². The van der Waals surface area contributed by atoms with Crippen molar-refractivity contribution in [2.24, 2.45) is 5.92 Å². The van der Waals surface area contributed by atoms with Gasteiger partial charge in [-0.05, 0) is 56.6 Å².